The van der Waals surface area contributed by atoms with Crippen LogP contribution in [0.5, 0.6) is 0 Å². The van der Waals surface area contributed by atoms with E-state index in [0.717, 1.165) is 0 Å². The second-order valence-electron chi connectivity index (χ2n) is 2.53. The lowest BCUT2D eigenvalue weighted by Crippen LogP contribution is -2.23. The molecule has 0 unspecified atom stereocenters. The normalized spacial score (nSPS) is 11.6. The molecule has 0 fully saturated rings. The number of aromatic nitrogens is 2. The van der Waals surface area contributed by atoms with E-state index < -0.39 is 10.2 Å². The number of nitrogens with two attached hydrogens (primary N) is 2. The van der Waals surface area contributed by atoms with Crippen LogP contribution in [0, 0.1) is 0 Å². The lowest BCUT2D eigenvalue weighted by Gasteiger charge is -2.00. The van der Waals surface area contributed by atoms with Gasteiger partial charge in [0.1, 0.15) is 0 Å². The maximum Gasteiger partial charge on any atom is 0.297 e. The Bertz CT molecular complexity index is 395. The molecule has 0 radical (unpaired) electrons. The monoisotopic (exact) mass is 205 g/mol. The Kier molecular flexibility index (Phi) is 2.55. The highest BCUT2D eigenvalue weighted by Crippen LogP contribution is 2.11. The first kappa shape index (κ1) is 9.96. The Morgan fingerprint density at radius 1 is 1.69 bits per heavy atom. The lowest BCUT2D eigenvalue weighted by atomic mass is 10.3. The van der Waals surface area contributed by atoms with E-state index in [2.05, 4.69) is 9.82 Å². The molecule has 0 aliphatic rings. The molecule has 1 aromatic heterocycles. The van der Waals surface area contributed by atoms with Crippen molar-refractivity contribution in [2.75, 3.05) is 4.72 Å². The molecule has 1 aromatic rings. The number of rotatable bonds is 3. The zero-order valence-electron chi connectivity index (χ0n) is 7.06. The SMILES string of the molecule is Cn1cc(CN)c(NS(N)(=O)=O)n1. The van der Waals surface area contributed by atoms with Crippen molar-refractivity contribution in [1.29, 1.82) is 0 Å². The third kappa shape index (κ3) is 2.68. The van der Waals surface area contributed by atoms with Crippen molar-refractivity contribution in [3.8, 4) is 0 Å². The van der Waals surface area contributed by atoms with E-state index >= 15 is 0 Å². The average molecular weight is 205 g/mol. The predicted molar refractivity (Wildman–Crippen MR) is 47.8 cm³/mol. The second kappa shape index (κ2) is 3.32. The fraction of sp³-hybridized carbons (Fsp3) is 0.400. The lowest BCUT2D eigenvalue weighted by molar-refractivity contribution is 0.602. The molecule has 74 valence electrons. The Hall–Kier alpha value is -1.12. The average Bonchev–Trinajstić information content (AvgIpc) is 2.27. The molecule has 8 heteroatoms. The highest BCUT2D eigenvalue weighted by Gasteiger charge is 2.10. The van der Waals surface area contributed by atoms with Gasteiger partial charge in [-0.05, 0) is 0 Å². The minimum Gasteiger partial charge on any atom is -0.326 e. The fourth-order valence-corrected chi connectivity index (χ4v) is 1.35. The molecule has 13 heavy (non-hydrogen) atoms. The molecule has 0 aliphatic carbocycles. The molecule has 0 spiro atoms. The number of anilines is 1. The van der Waals surface area contributed by atoms with Crippen molar-refractivity contribution in [2.45, 2.75) is 6.54 Å². The first-order chi connectivity index (χ1) is 5.92. The van der Waals surface area contributed by atoms with Crippen LogP contribution in [0.15, 0.2) is 6.20 Å². The van der Waals surface area contributed by atoms with E-state index in [0.29, 0.717) is 5.56 Å². The van der Waals surface area contributed by atoms with E-state index in [-0.39, 0.29) is 12.4 Å². The topological polar surface area (TPSA) is 116 Å². The van der Waals surface area contributed by atoms with Gasteiger partial charge in [0, 0.05) is 25.4 Å². The van der Waals surface area contributed by atoms with Crippen LogP contribution in [0.2, 0.25) is 0 Å². The van der Waals surface area contributed by atoms with E-state index in [9.17, 15) is 8.42 Å². The van der Waals surface area contributed by atoms with E-state index in [1.165, 1.54) is 4.68 Å². The van der Waals surface area contributed by atoms with Crippen molar-refractivity contribution in [3.05, 3.63) is 11.8 Å². The zero-order chi connectivity index (χ0) is 10.1. The molecule has 1 heterocycles. The number of nitrogens with zero attached hydrogens (tertiary/aromatic N) is 2. The molecule has 5 N–H and O–H groups in total. The summed E-state index contributed by atoms with van der Waals surface area (Å²) in [6.45, 7) is 0.200. The zero-order valence-corrected chi connectivity index (χ0v) is 7.87. The smallest absolute Gasteiger partial charge is 0.297 e. The van der Waals surface area contributed by atoms with Crippen LogP contribution in [-0.2, 0) is 23.8 Å². The summed E-state index contributed by atoms with van der Waals surface area (Å²) in [5.74, 6) is 0.174. The Balaban J connectivity index is 3.00. The van der Waals surface area contributed by atoms with E-state index in [4.69, 9.17) is 10.9 Å². The van der Waals surface area contributed by atoms with Gasteiger partial charge in [0.05, 0.1) is 0 Å². The van der Waals surface area contributed by atoms with Gasteiger partial charge in [-0.3, -0.25) is 9.40 Å². The summed E-state index contributed by atoms with van der Waals surface area (Å²) in [5.41, 5.74) is 5.95. The van der Waals surface area contributed by atoms with Crippen LogP contribution >= 0.6 is 0 Å². The third-order valence-corrected chi connectivity index (χ3v) is 1.84. The van der Waals surface area contributed by atoms with Crippen molar-refractivity contribution >= 4 is 16.0 Å². The summed E-state index contributed by atoms with van der Waals surface area (Å²) in [6, 6.07) is 0. The van der Waals surface area contributed by atoms with Crippen LogP contribution in [0.25, 0.3) is 0 Å². The van der Waals surface area contributed by atoms with Gasteiger partial charge >= 0.3 is 0 Å². The summed E-state index contributed by atoms with van der Waals surface area (Å²) >= 11 is 0. The van der Waals surface area contributed by atoms with E-state index in [1.807, 2.05) is 0 Å². The van der Waals surface area contributed by atoms with Gasteiger partial charge in [-0.1, -0.05) is 0 Å². The van der Waals surface area contributed by atoms with Crippen LogP contribution in [0.3, 0.4) is 0 Å². The summed E-state index contributed by atoms with van der Waals surface area (Å²) in [4.78, 5) is 0. The molecular weight excluding hydrogens is 194 g/mol. The maximum atomic E-state index is 10.7. The minimum atomic E-state index is -3.78. The predicted octanol–water partition coefficient (Wildman–Crippen LogP) is -1.51. The molecular formula is C5H11N5O2S. The van der Waals surface area contributed by atoms with Gasteiger partial charge in [-0.15, -0.1) is 0 Å². The van der Waals surface area contributed by atoms with Gasteiger partial charge in [0.2, 0.25) is 0 Å². The molecule has 0 aliphatic heterocycles. The van der Waals surface area contributed by atoms with Gasteiger partial charge < -0.3 is 5.73 Å². The molecule has 0 aromatic carbocycles. The Morgan fingerprint density at radius 2 is 2.31 bits per heavy atom. The highest BCUT2D eigenvalue weighted by atomic mass is 32.2. The van der Waals surface area contributed by atoms with Gasteiger partial charge in [0.15, 0.2) is 5.82 Å². The van der Waals surface area contributed by atoms with Gasteiger partial charge in [-0.25, -0.2) is 5.14 Å². The first-order valence-electron chi connectivity index (χ1n) is 3.45. The third-order valence-electron chi connectivity index (χ3n) is 1.36. The highest BCUT2D eigenvalue weighted by molar-refractivity contribution is 7.90. The Labute approximate surface area is 75.9 Å². The molecule has 1 rings (SSSR count). The maximum absolute atomic E-state index is 10.7. The minimum absolute atomic E-state index is 0.174. The van der Waals surface area contributed by atoms with Crippen molar-refractivity contribution in [3.63, 3.8) is 0 Å². The molecule has 0 saturated heterocycles. The number of nitrogens with one attached hydrogen (secondary N) is 1. The van der Waals surface area contributed by atoms with Crippen LogP contribution in [0.1, 0.15) is 5.56 Å². The fourth-order valence-electron chi connectivity index (χ4n) is 0.908. The summed E-state index contributed by atoms with van der Waals surface area (Å²) in [7, 11) is -2.12. The van der Waals surface area contributed by atoms with Crippen molar-refractivity contribution < 1.29 is 8.42 Å². The van der Waals surface area contributed by atoms with Crippen LogP contribution in [0.4, 0.5) is 5.82 Å². The number of aryl methyl sites for hydroxylation is 1. The van der Waals surface area contributed by atoms with Gasteiger partial charge in [0.25, 0.3) is 10.2 Å². The molecule has 0 amide bonds. The van der Waals surface area contributed by atoms with Crippen molar-refractivity contribution in [1.82, 2.24) is 9.78 Å². The summed E-state index contributed by atoms with van der Waals surface area (Å²) < 4.78 is 24.8. The molecule has 0 saturated carbocycles. The summed E-state index contributed by atoms with van der Waals surface area (Å²) in [5, 5.41) is 8.60. The van der Waals surface area contributed by atoms with Crippen LogP contribution < -0.4 is 15.6 Å². The van der Waals surface area contributed by atoms with E-state index in [1.54, 1.807) is 13.2 Å². The Morgan fingerprint density at radius 3 is 2.77 bits per heavy atom. The summed E-state index contributed by atoms with van der Waals surface area (Å²) in [6.07, 6.45) is 1.62. The van der Waals surface area contributed by atoms with Crippen molar-refractivity contribution in [2.24, 2.45) is 17.9 Å². The number of hydrogen-bond donors (Lipinski definition) is 3. The first-order valence-corrected chi connectivity index (χ1v) is 5.00. The largest absolute Gasteiger partial charge is 0.326 e. The standard InChI is InChI=1S/C5H11N5O2S/c1-10-3-4(2-6)5(8-10)9-13(7,11)12/h3H,2,6H2,1H3,(H,8,9)(H2,7,11,12). The molecule has 0 bridgehead atoms. The molecule has 7 nitrogen and oxygen atoms in total. The van der Waals surface area contributed by atoms with Gasteiger partial charge in [-0.2, -0.15) is 13.5 Å². The second-order valence-corrected chi connectivity index (χ2v) is 3.82. The number of hydrogen-bond acceptors (Lipinski definition) is 4. The molecule has 0 atom stereocenters. The quantitative estimate of drug-likeness (QED) is 0.556. The van der Waals surface area contributed by atoms with Crippen LogP contribution in [-0.4, -0.2) is 18.2 Å².